The van der Waals surface area contributed by atoms with Gasteiger partial charge in [0.15, 0.2) is 0 Å². The molecule has 1 aliphatic rings. The number of anilines is 1. The lowest BCUT2D eigenvalue weighted by Gasteiger charge is -2.31. The Hall–Kier alpha value is -3.48. The standard InChI is InChI=1S/C23H24N4O3/c1-2-20(28)24-19-12-6-10-17(14-19)21-25-22(30-26-21)18-11-7-13-27(15-18)23(29)16-8-4-3-5-9-16/h3-6,8-10,12,14,18H,2,7,11,13,15H2,1H3,(H,24,28)/t18-/m1/s1. The van der Waals surface area contributed by atoms with Crippen molar-refractivity contribution in [1.82, 2.24) is 15.0 Å². The highest BCUT2D eigenvalue weighted by atomic mass is 16.5. The van der Waals surface area contributed by atoms with Crippen molar-refractivity contribution in [2.75, 3.05) is 18.4 Å². The van der Waals surface area contributed by atoms with E-state index in [0.717, 1.165) is 24.9 Å². The first kappa shape index (κ1) is 19.8. The van der Waals surface area contributed by atoms with Gasteiger partial charge in [-0.1, -0.05) is 42.4 Å². The monoisotopic (exact) mass is 404 g/mol. The first-order chi connectivity index (χ1) is 14.6. The predicted molar refractivity (Wildman–Crippen MR) is 113 cm³/mol. The first-order valence-electron chi connectivity index (χ1n) is 10.2. The molecule has 0 saturated carbocycles. The molecule has 2 amide bonds. The minimum absolute atomic E-state index is 0.00985. The zero-order valence-electron chi connectivity index (χ0n) is 16.9. The van der Waals surface area contributed by atoms with Crippen LogP contribution in [-0.2, 0) is 4.79 Å². The number of carbonyl (C=O) groups excluding carboxylic acids is 2. The van der Waals surface area contributed by atoms with E-state index >= 15 is 0 Å². The molecule has 2 heterocycles. The van der Waals surface area contributed by atoms with Crippen molar-refractivity contribution in [3.8, 4) is 11.4 Å². The number of carbonyl (C=O) groups is 2. The van der Waals surface area contributed by atoms with Crippen LogP contribution in [0.3, 0.4) is 0 Å². The van der Waals surface area contributed by atoms with E-state index in [9.17, 15) is 9.59 Å². The number of piperidine rings is 1. The maximum atomic E-state index is 12.8. The number of hydrogen-bond donors (Lipinski definition) is 1. The van der Waals surface area contributed by atoms with Gasteiger partial charge >= 0.3 is 0 Å². The number of nitrogens with zero attached hydrogens (tertiary/aromatic N) is 3. The molecule has 1 N–H and O–H groups in total. The van der Waals surface area contributed by atoms with Crippen molar-refractivity contribution in [1.29, 1.82) is 0 Å². The van der Waals surface area contributed by atoms with E-state index in [1.165, 1.54) is 0 Å². The minimum Gasteiger partial charge on any atom is -0.339 e. The van der Waals surface area contributed by atoms with Crippen molar-refractivity contribution in [3.05, 3.63) is 66.1 Å². The number of rotatable bonds is 5. The molecule has 0 aliphatic carbocycles. The highest BCUT2D eigenvalue weighted by molar-refractivity contribution is 5.94. The van der Waals surface area contributed by atoms with Crippen LogP contribution in [0.4, 0.5) is 5.69 Å². The van der Waals surface area contributed by atoms with Crippen LogP contribution in [0.15, 0.2) is 59.1 Å². The largest absolute Gasteiger partial charge is 0.339 e. The Balaban J connectivity index is 1.48. The van der Waals surface area contributed by atoms with Gasteiger partial charge in [-0.25, -0.2) is 0 Å². The van der Waals surface area contributed by atoms with Gasteiger partial charge in [-0.05, 0) is 37.1 Å². The fraction of sp³-hybridized carbons (Fsp3) is 0.304. The quantitative estimate of drug-likeness (QED) is 0.691. The third-order valence-electron chi connectivity index (χ3n) is 5.25. The Labute approximate surface area is 175 Å². The Morgan fingerprint density at radius 3 is 2.80 bits per heavy atom. The van der Waals surface area contributed by atoms with Gasteiger partial charge in [-0.3, -0.25) is 9.59 Å². The van der Waals surface area contributed by atoms with Gasteiger partial charge in [-0.2, -0.15) is 4.98 Å². The normalized spacial score (nSPS) is 16.3. The molecule has 0 unspecified atom stereocenters. The Kier molecular flexibility index (Phi) is 5.88. The number of benzene rings is 2. The second-order valence-corrected chi connectivity index (χ2v) is 7.40. The lowest BCUT2D eigenvalue weighted by molar-refractivity contribution is -0.115. The van der Waals surface area contributed by atoms with E-state index in [2.05, 4.69) is 15.5 Å². The summed E-state index contributed by atoms with van der Waals surface area (Å²) in [5.74, 6) is 1.00. The minimum atomic E-state index is -0.0497. The average Bonchev–Trinajstić information content (AvgIpc) is 3.30. The van der Waals surface area contributed by atoms with E-state index in [4.69, 9.17) is 4.52 Å². The van der Waals surface area contributed by atoms with Crippen LogP contribution in [-0.4, -0.2) is 39.9 Å². The third-order valence-corrected chi connectivity index (χ3v) is 5.25. The van der Waals surface area contributed by atoms with Gasteiger partial charge in [0.1, 0.15) is 0 Å². The third kappa shape index (κ3) is 4.40. The molecule has 1 aromatic heterocycles. The molecular weight excluding hydrogens is 380 g/mol. The summed E-state index contributed by atoms with van der Waals surface area (Å²) in [6.07, 6.45) is 2.20. The first-order valence-corrected chi connectivity index (χ1v) is 10.2. The molecule has 3 aromatic rings. The molecule has 1 atom stereocenters. The van der Waals surface area contributed by atoms with E-state index in [0.29, 0.717) is 35.9 Å². The van der Waals surface area contributed by atoms with E-state index < -0.39 is 0 Å². The summed E-state index contributed by atoms with van der Waals surface area (Å²) < 4.78 is 5.55. The van der Waals surface area contributed by atoms with Gasteiger partial charge in [0.05, 0.1) is 5.92 Å². The van der Waals surface area contributed by atoms with E-state index in [-0.39, 0.29) is 17.7 Å². The second-order valence-electron chi connectivity index (χ2n) is 7.40. The van der Waals surface area contributed by atoms with Crippen LogP contribution < -0.4 is 5.32 Å². The Morgan fingerprint density at radius 2 is 2.00 bits per heavy atom. The van der Waals surface area contributed by atoms with Crippen molar-refractivity contribution in [2.24, 2.45) is 0 Å². The van der Waals surface area contributed by atoms with Crippen LogP contribution in [0, 0.1) is 0 Å². The molecule has 2 aromatic carbocycles. The molecule has 0 bridgehead atoms. The number of amides is 2. The van der Waals surface area contributed by atoms with E-state index in [1.807, 2.05) is 59.5 Å². The van der Waals surface area contributed by atoms with Crippen LogP contribution in [0.5, 0.6) is 0 Å². The molecular formula is C23H24N4O3. The summed E-state index contributed by atoms with van der Waals surface area (Å²) in [7, 11) is 0. The van der Waals surface area contributed by atoms with Gasteiger partial charge in [-0.15, -0.1) is 0 Å². The molecule has 154 valence electrons. The number of hydrogen-bond acceptors (Lipinski definition) is 5. The summed E-state index contributed by atoms with van der Waals surface area (Å²) in [5.41, 5.74) is 2.16. The van der Waals surface area contributed by atoms with Gasteiger partial charge < -0.3 is 14.7 Å². The number of nitrogens with one attached hydrogen (secondary N) is 1. The summed E-state index contributed by atoms with van der Waals surface area (Å²) >= 11 is 0. The molecule has 1 aliphatic heterocycles. The van der Waals surface area contributed by atoms with Crippen LogP contribution in [0.25, 0.3) is 11.4 Å². The average molecular weight is 404 g/mol. The molecule has 1 saturated heterocycles. The summed E-state index contributed by atoms with van der Waals surface area (Å²) in [4.78, 5) is 30.9. The van der Waals surface area contributed by atoms with Gasteiger partial charge in [0, 0.05) is 36.3 Å². The zero-order chi connectivity index (χ0) is 20.9. The molecule has 7 heteroatoms. The van der Waals surface area contributed by atoms with Crippen LogP contribution in [0.1, 0.15) is 48.4 Å². The predicted octanol–water partition coefficient (Wildman–Crippen LogP) is 4.10. The van der Waals surface area contributed by atoms with Crippen molar-refractivity contribution < 1.29 is 14.1 Å². The molecule has 7 nitrogen and oxygen atoms in total. The van der Waals surface area contributed by atoms with Crippen molar-refractivity contribution in [2.45, 2.75) is 32.1 Å². The highest BCUT2D eigenvalue weighted by Crippen LogP contribution is 2.29. The molecule has 30 heavy (non-hydrogen) atoms. The Morgan fingerprint density at radius 1 is 1.17 bits per heavy atom. The second kappa shape index (κ2) is 8.90. The van der Waals surface area contributed by atoms with Crippen molar-refractivity contribution >= 4 is 17.5 Å². The van der Waals surface area contributed by atoms with Gasteiger partial charge in [0.25, 0.3) is 5.91 Å². The topological polar surface area (TPSA) is 88.3 Å². The lowest BCUT2D eigenvalue weighted by atomic mass is 9.97. The maximum absolute atomic E-state index is 12.8. The summed E-state index contributed by atoms with van der Waals surface area (Å²) in [5, 5.41) is 6.96. The molecule has 0 spiro atoms. The molecule has 1 fully saturated rings. The summed E-state index contributed by atoms with van der Waals surface area (Å²) in [6, 6.07) is 16.7. The molecule has 0 radical (unpaired) electrons. The van der Waals surface area contributed by atoms with E-state index in [1.54, 1.807) is 6.92 Å². The van der Waals surface area contributed by atoms with Crippen molar-refractivity contribution in [3.63, 3.8) is 0 Å². The number of likely N-dealkylation sites (tertiary alicyclic amines) is 1. The Bertz CT molecular complexity index is 1030. The fourth-order valence-electron chi connectivity index (χ4n) is 3.63. The SMILES string of the molecule is CCC(=O)Nc1cccc(-c2noc([C@@H]3CCCN(C(=O)c4ccccc4)C3)n2)c1. The maximum Gasteiger partial charge on any atom is 0.253 e. The van der Waals surface area contributed by atoms with Crippen LogP contribution >= 0.6 is 0 Å². The summed E-state index contributed by atoms with van der Waals surface area (Å²) in [6.45, 7) is 3.09. The zero-order valence-corrected chi connectivity index (χ0v) is 16.9. The van der Waals surface area contributed by atoms with Gasteiger partial charge in [0.2, 0.25) is 17.6 Å². The van der Waals surface area contributed by atoms with Crippen LogP contribution in [0.2, 0.25) is 0 Å². The number of aromatic nitrogens is 2. The highest BCUT2D eigenvalue weighted by Gasteiger charge is 2.29. The fourth-order valence-corrected chi connectivity index (χ4v) is 3.63. The molecule has 4 rings (SSSR count). The smallest absolute Gasteiger partial charge is 0.253 e. The lowest BCUT2D eigenvalue weighted by Crippen LogP contribution is -2.39.